The van der Waals surface area contributed by atoms with Gasteiger partial charge in [0.2, 0.25) is 0 Å². The number of fused-ring (bicyclic) bond motifs is 2. The SMILES string of the molecule is COc1cccc(OC(C)C)c1-c1ccc2c(c1)N(C(C)C)c1c(C)cc(-c3c(OC)cccc3OC(C)C)c(C)c1N2C(C)C. The first-order valence-corrected chi connectivity index (χ1v) is 16.4. The van der Waals surface area contributed by atoms with Gasteiger partial charge in [0.15, 0.2) is 0 Å². The van der Waals surface area contributed by atoms with E-state index in [9.17, 15) is 0 Å². The Morgan fingerprint density at radius 1 is 0.543 bits per heavy atom. The van der Waals surface area contributed by atoms with Gasteiger partial charge in [-0.2, -0.15) is 0 Å². The van der Waals surface area contributed by atoms with Gasteiger partial charge in [0, 0.05) is 12.1 Å². The minimum atomic E-state index is 0.0317. The summed E-state index contributed by atoms with van der Waals surface area (Å²) in [5.41, 5.74) is 11.2. The first kappa shape index (κ1) is 33.1. The van der Waals surface area contributed by atoms with Gasteiger partial charge in [0.25, 0.3) is 0 Å². The van der Waals surface area contributed by atoms with Crippen LogP contribution in [0.3, 0.4) is 0 Å². The molecular formula is C40H50N2O4. The number of ether oxygens (including phenoxy) is 4. The summed E-state index contributed by atoms with van der Waals surface area (Å²) >= 11 is 0. The first-order valence-electron chi connectivity index (χ1n) is 16.4. The van der Waals surface area contributed by atoms with Crippen molar-refractivity contribution in [2.24, 2.45) is 0 Å². The number of rotatable bonds is 10. The zero-order valence-corrected chi connectivity index (χ0v) is 29.6. The van der Waals surface area contributed by atoms with Crippen LogP contribution in [-0.4, -0.2) is 38.5 Å². The number of anilines is 4. The van der Waals surface area contributed by atoms with E-state index < -0.39 is 0 Å². The monoisotopic (exact) mass is 622 g/mol. The molecule has 0 spiro atoms. The Bertz CT molecular complexity index is 1720. The summed E-state index contributed by atoms with van der Waals surface area (Å²) < 4.78 is 24.5. The summed E-state index contributed by atoms with van der Waals surface area (Å²) in [4.78, 5) is 4.98. The van der Waals surface area contributed by atoms with E-state index in [1.54, 1.807) is 14.2 Å². The molecule has 4 aromatic carbocycles. The Labute approximate surface area is 275 Å². The van der Waals surface area contributed by atoms with Gasteiger partial charge in [-0.3, -0.25) is 0 Å². The van der Waals surface area contributed by atoms with Crippen molar-refractivity contribution in [2.45, 2.75) is 93.5 Å². The number of benzene rings is 4. The fraction of sp³-hybridized carbons (Fsp3) is 0.400. The summed E-state index contributed by atoms with van der Waals surface area (Å²) in [6.07, 6.45) is 0.0673. The maximum atomic E-state index is 6.35. The molecule has 4 aromatic rings. The molecule has 0 radical (unpaired) electrons. The Morgan fingerprint density at radius 3 is 1.57 bits per heavy atom. The van der Waals surface area contributed by atoms with Gasteiger partial charge in [-0.25, -0.2) is 0 Å². The predicted molar refractivity (Wildman–Crippen MR) is 192 cm³/mol. The molecule has 0 aromatic heterocycles. The lowest BCUT2D eigenvalue weighted by Crippen LogP contribution is -2.37. The van der Waals surface area contributed by atoms with E-state index in [1.807, 2.05) is 36.4 Å². The van der Waals surface area contributed by atoms with Gasteiger partial charge >= 0.3 is 0 Å². The van der Waals surface area contributed by atoms with Crippen molar-refractivity contribution in [2.75, 3.05) is 24.0 Å². The zero-order valence-electron chi connectivity index (χ0n) is 29.6. The second-order valence-electron chi connectivity index (χ2n) is 13.2. The Morgan fingerprint density at radius 2 is 1.04 bits per heavy atom. The highest BCUT2D eigenvalue weighted by molar-refractivity contribution is 6.01. The molecule has 1 heterocycles. The third-order valence-corrected chi connectivity index (χ3v) is 8.43. The van der Waals surface area contributed by atoms with E-state index >= 15 is 0 Å². The smallest absolute Gasteiger partial charge is 0.131 e. The van der Waals surface area contributed by atoms with Crippen LogP contribution in [0.25, 0.3) is 22.3 Å². The number of hydrogen-bond donors (Lipinski definition) is 0. The van der Waals surface area contributed by atoms with Gasteiger partial charge in [0.05, 0.1) is 60.3 Å². The number of aryl methyl sites for hydroxylation is 1. The van der Waals surface area contributed by atoms with Crippen LogP contribution < -0.4 is 28.7 Å². The summed E-state index contributed by atoms with van der Waals surface area (Å²) in [6.45, 7) is 21.7. The normalized spacial score (nSPS) is 12.6. The third-order valence-electron chi connectivity index (χ3n) is 8.43. The van der Waals surface area contributed by atoms with Crippen LogP contribution in [0.15, 0.2) is 60.7 Å². The third kappa shape index (κ3) is 5.86. The molecule has 0 bridgehead atoms. The van der Waals surface area contributed by atoms with E-state index in [0.717, 1.165) is 50.9 Å². The summed E-state index contributed by atoms with van der Waals surface area (Å²) in [7, 11) is 3.45. The average molecular weight is 623 g/mol. The van der Waals surface area contributed by atoms with Crippen molar-refractivity contribution in [1.82, 2.24) is 0 Å². The molecule has 6 heteroatoms. The van der Waals surface area contributed by atoms with Gasteiger partial charge in [-0.15, -0.1) is 0 Å². The van der Waals surface area contributed by atoms with Crippen molar-refractivity contribution < 1.29 is 18.9 Å². The summed E-state index contributed by atoms with van der Waals surface area (Å²) in [5, 5.41) is 0. The molecule has 244 valence electrons. The maximum Gasteiger partial charge on any atom is 0.131 e. The van der Waals surface area contributed by atoms with Gasteiger partial charge < -0.3 is 28.7 Å². The van der Waals surface area contributed by atoms with Crippen LogP contribution in [0.4, 0.5) is 22.7 Å². The highest BCUT2D eigenvalue weighted by Gasteiger charge is 2.36. The van der Waals surface area contributed by atoms with Gasteiger partial charge in [-0.05, 0) is 134 Å². The molecule has 46 heavy (non-hydrogen) atoms. The molecule has 1 aliphatic rings. The van der Waals surface area contributed by atoms with Crippen molar-refractivity contribution in [3.63, 3.8) is 0 Å². The molecular weight excluding hydrogens is 572 g/mol. The lowest BCUT2D eigenvalue weighted by molar-refractivity contribution is 0.242. The Balaban J connectivity index is 1.80. The average Bonchev–Trinajstić information content (AvgIpc) is 3.00. The van der Waals surface area contributed by atoms with Crippen molar-refractivity contribution >= 4 is 22.7 Å². The highest BCUT2D eigenvalue weighted by atomic mass is 16.5. The molecule has 0 aliphatic carbocycles. The molecule has 5 rings (SSSR count). The fourth-order valence-corrected chi connectivity index (χ4v) is 6.75. The molecule has 0 unspecified atom stereocenters. The molecule has 0 amide bonds. The summed E-state index contributed by atoms with van der Waals surface area (Å²) in [5.74, 6) is 3.23. The maximum absolute atomic E-state index is 6.35. The van der Waals surface area contributed by atoms with Crippen LogP contribution in [0.5, 0.6) is 23.0 Å². The molecule has 6 nitrogen and oxygen atoms in total. The van der Waals surface area contributed by atoms with Gasteiger partial charge in [0.1, 0.15) is 23.0 Å². The lowest BCUT2D eigenvalue weighted by atomic mass is 9.89. The van der Waals surface area contributed by atoms with E-state index in [0.29, 0.717) is 0 Å². The minimum absolute atomic E-state index is 0.0317. The van der Waals surface area contributed by atoms with Crippen LogP contribution in [0.2, 0.25) is 0 Å². The molecule has 0 saturated carbocycles. The largest absolute Gasteiger partial charge is 0.496 e. The van der Waals surface area contributed by atoms with Gasteiger partial charge in [-0.1, -0.05) is 18.2 Å². The van der Waals surface area contributed by atoms with Crippen LogP contribution >= 0.6 is 0 Å². The number of methoxy groups -OCH3 is 2. The van der Waals surface area contributed by atoms with Crippen LogP contribution in [0.1, 0.15) is 66.5 Å². The van der Waals surface area contributed by atoms with Crippen LogP contribution in [0, 0.1) is 13.8 Å². The molecule has 0 fully saturated rings. The highest BCUT2D eigenvalue weighted by Crippen LogP contribution is 2.56. The minimum Gasteiger partial charge on any atom is -0.496 e. The Hall–Kier alpha value is -4.32. The van der Waals surface area contributed by atoms with Crippen molar-refractivity contribution in [3.05, 3.63) is 71.8 Å². The first-order chi connectivity index (χ1) is 21.9. The van der Waals surface area contributed by atoms with Crippen molar-refractivity contribution in [1.29, 1.82) is 0 Å². The van der Waals surface area contributed by atoms with E-state index in [4.69, 9.17) is 18.9 Å². The number of hydrogen-bond acceptors (Lipinski definition) is 6. The van der Waals surface area contributed by atoms with E-state index in [-0.39, 0.29) is 24.3 Å². The second kappa shape index (κ2) is 13.2. The molecule has 1 aliphatic heterocycles. The fourth-order valence-electron chi connectivity index (χ4n) is 6.75. The zero-order chi connectivity index (χ0) is 33.4. The van der Waals surface area contributed by atoms with E-state index in [1.165, 1.54) is 28.2 Å². The van der Waals surface area contributed by atoms with E-state index in [2.05, 4.69) is 103 Å². The number of nitrogens with zero attached hydrogens (tertiary/aromatic N) is 2. The summed E-state index contributed by atoms with van der Waals surface area (Å²) in [6, 6.07) is 21.5. The topological polar surface area (TPSA) is 43.4 Å². The second-order valence-corrected chi connectivity index (χ2v) is 13.2. The molecule has 0 saturated heterocycles. The quantitative estimate of drug-likeness (QED) is 0.175. The van der Waals surface area contributed by atoms with Crippen molar-refractivity contribution in [3.8, 4) is 45.3 Å². The lowest BCUT2D eigenvalue weighted by Gasteiger charge is -2.46. The predicted octanol–water partition coefficient (Wildman–Crippen LogP) is 10.6. The molecule has 0 N–H and O–H groups in total. The standard InChI is InChI=1S/C40H50N2O4/c1-23(2)41-31-20-19-29(37-33(43-11)15-13-17-35(37)45-25(5)6)22-32(31)42(24(3)4)39-27(9)21-30(28(10)40(39)41)38-34(44-12)16-14-18-36(38)46-26(7)8/h13-26H,1-12H3. The van der Waals surface area contributed by atoms with Crippen LogP contribution in [-0.2, 0) is 0 Å². The Kier molecular flexibility index (Phi) is 9.48. The molecule has 0 atom stereocenters.